The molecule has 1 saturated heterocycles. The van der Waals surface area contributed by atoms with Gasteiger partial charge >= 0.3 is 0 Å². The summed E-state index contributed by atoms with van der Waals surface area (Å²) in [6.45, 7) is 2.35. The van der Waals surface area contributed by atoms with Crippen molar-refractivity contribution in [1.82, 2.24) is 0 Å². The number of hydrogen-bond acceptors (Lipinski definition) is 2. The summed E-state index contributed by atoms with van der Waals surface area (Å²) in [5.74, 6) is 0.169. The predicted molar refractivity (Wildman–Crippen MR) is 36.4 cm³/mol. The van der Waals surface area contributed by atoms with E-state index in [-0.39, 0.29) is 19.3 Å². The SMILES string of the molecule is C.CC(=O)C1CCCO1. The molecule has 2 nitrogen and oxygen atoms in total. The molecule has 1 aliphatic heterocycles. The van der Waals surface area contributed by atoms with Crippen molar-refractivity contribution in [1.29, 1.82) is 0 Å². The van der Waals surface area contributed by atoms with Gasteiger partial charge in [0.15, 0.2) is 5.78 Å². The third-order valence-electron chi connectivity index (χ3n) is 1.38. The minimum Gasteiger partial charge on any atom is -0.370 e. The Balaban J connectivity index is 0.000000640. The lowest BCUT2D eigenvalue weighted by atomic mass is 10.2. The van der Waals surface area contributed by atoms with Gasteiger partial charge in [0.05, 0.1) is 0 Å². The highest BCUT2D eigenvalue weighted by Gasteiger charge is 2.18. The van der Waals surface area contributed by atoms with E-state index in [9.17, 15) is 4.79 Å². The van der Waals surface area contributed by atoms with Crippen molar-refractivity contribution in [2.24, 2.45) is 0 Å². The number of hydrogen-bond donors (Lipinski definition) is 0. The number of Topliss-reactive ketones (excluding diaryl/α,β-unsaturated/α-hetero) is 1. The summed E-state index contributed by atoms with van der Waals surface area (Å²) < 4.78 is 5.06. The van der Waals surface area contributed by atoms with Crippen LogP contribution in [0.4, 0.5) is 0 Å². The molecular formula is C7H14O2. The molecule has 1 fully saturated rings. The van der Waals surface area contributed by atoms with E-state index >= 15 is 0 Å². The van der Waals surface area contributed by atoms with E-state index in [1.165, 1.54) is 0 Å². The molecule has 0 spiro atoms. The summed E-state index contributed by atoms with van der Waals surface area (Å²) in [6.07, 6.45) is 1.90. The lowest BCUT2D eigenvalue weighted by Crippen LogP contribution is -2.14. The standard InChI is InChI=1S/C6H10O2.CH4/c1-5(7)6-3-2-4-8-6;/h6H,2-4H2,1H3;1H4. The van der Waals surface area contributed by atoms with Gasteiger partial charge in [-0.15, -0.1) is 0 Å². The van der Waals surface area contributed by atoms with Crippen LogP contribution in [0.15, 0.2) is 0 Å². The van der Waals surface area contributed by atoms with Crippen molar-refractivity contribution in [2.75, 3.05) is 6.61 Å². The van der Waals surface area contributed by atoms with Gasteiger partial charge in [0.25, 0.3) is 0 Å². The van der Waals surface area contributed by atoms with Crippen LogP contribution in [-0.2, 0) is 9.53 Å². The van der Waals surface area contributed by atoms with Gasteiger partial charge in [-0.1, -0.05) is 7.43 Å². The molecule has 0 N–H and O–H groups in total. The second kappa shape index (κ2) is 3.62. The van der Waals surface area contributed by atoms with E-state index in [4.69, 9.17) is 4.74 Å². The fraction of sp³-hybridized carbons (Fsp3) is 0.857. The summed E-state index contributed by atoms with van der Waals surface area (Å²) >= 11 is 0. The van der Waals surface area contributed by atoms with Gasteiger partial charge in [-0.3, -0.25) is 4.79 Å². The average molecular weight is 130 g/mol. The van der Waals surface area contributed by atoms with Gasteiger partial charge < -0.3 is 4.74 Å². The van der Waals surface area contributed by atoms with Crippen LogP contribution in [0.1, 0.15) is 27.2 Å². The Bertz CT molecular complexity index is 93.1. The van der Waals surface area contributed by atoms with Crippen molar-refractivity contribution < 1.29 is 9.53 Å². The van der Waals surface area contributed by atoms with Crippen molar-refractivity contribution in [2.45, 2.75) is 33.3 Å². The Morgan fingerprint density at radius 2 is 2.33 bits per heavy atom. The van der Waals surface area contributed by atoms with Crippen LogP contribution in [0.3, 0.4) is 0 Å². The fourth-order valence-corrected chi connectivity index (χ4v) is 0.898. The first kappa shape index (κ1) is 8.63. The number of ketones is 1. The lowest BCUT2D eigenvalue weighted by Gasteiger charge is -2.00. The topological polar surface area (TPSA) is 26.3 Å². The minimum absolute atomic E-state index is 0. The first-order valence-electron chi connectivity index (χ1n) is 2.93. The maximum absolute atomic E-state index is 10.5. The first-order valence-corrected chi connectivity index (χ1v) is 2.93. The zero-order valence-corrected chi connectivity index (χ0v) is 5.02. The quantitative estimate of drug-likeness (QED) is 0.536. The number of ether oxygens (including phenoxy) is 1. The zero-order chi connectivity index (χ0) is 5.98. The second-order valence-electron chi connectivity index (χ2n) is 2.11. The normalized spacial score (nSPS) is 25.2. The maximum Gasteiger partial charge on any atom is 0.158 e. The summed E-state index contributed by atoms with van der Waals surface area (Å²) in [5, 5.41) is 0. The third kappa shape index (κ3) is 2.14. The van der Waals surface area contributed by atoms with Gasteiger partial charge in [0.1, 0.15) is 6.10 Å². The van der Waals surface area contributed by atoms with Crippen LogP contribution in [0.2, 0.25) is 0 Å². The predicted octanol–water partition coefficient (Wildman–Crippen LogP) is 1.39. The van der Waals surface area contributed by atoms with Crippen molar-refractivity contribution >= 4 is 5.78 Å². The highest BCUT2D eigenvalue weighted by atomic mass is 16.5. The highest BCUT2D eigenvalue weighted by Crippen LogP contribution is 2.11. The Morgan fingerprint density at radius 3 is 2.56 bits per heavy atom. The second-order valence-corrected chi connectivity index (χ2v) is 2.11. The molecule has 1 atom stereocenters. The molecule has 1 heterocycles. The largest absolute Gasteiger partial charge is 0.370 e. The van der Waals surface area contributed by atoms with Crippen molar-refractivity contribution in [3.63, 3.8) is 0 Å². The van der Waals surface area contributed by atoms with Crippen LogP contribution >= 0.6 is 0 Å². The molecule has 0 aromatic heterocycles. The van der Waals surface area contributed by atoms with Crippen LogP contribution in [0.25, 0.3) is 0 Å². The molecule has 0 aromatic carbocycles. The van der Waals surface area contributed by atoms with E-state index < -0.39 is 0 Å². The van der Waals surface area contributed by atoms with E-state index in [2.05, 4.69) is 0 Å². The third-order valence-corrected chi connectivity index (χ3v) is 1.38. The highest BCUT2D eigenvalue weighted by molar-refractivity contribution is 5.80. The minimum atomic E-state index is -0.0741. The molecular weight excluding hydrogens is 116 g/mol. The Morgan fingerprint density at radius 1 is 1.67 bits per heavy atom. The molecule has 0 aliphatic carbocycles. The number of carbonyl (C=O) groups is 1. The molecule has 0 radical (unpaired) electrons. The van der Waals surface area contributed by atoms with Crippen LogP contribution in [-0.4, -0.2) is 18.5 Å². The summed E-state index contributed by atoms with van der Waals surface area (Å²) in [7, 11) is 0. The van der Waals surface area contributed by atoms with E-state index in [1.807, 2.05) is 0 Å². The summed E-state index contributed by atoms with van der Waals surface area (Å²) in [6, 6.07) is 0. The molecule has 2 heteroatoms. The van der Waals surface area contributed by atoms with Crippen molar-refractivity contribution in [3.8, 4) is 0 Å². The summed E-state index contributed by atoms with van der Waals surface area (Å²) in [5.41, 5.74) is 0. The van der Waals surface area contributed by atoms with Gasteiger partial charge in [-0.05, 0) is 19.8 Å². The molecule has 0 aromatic rings. The summed E-state index contributed by atoms with van der Waals surface area (Å²) in [4.78, 5) is 10.5. The van der Waals surface area contributed by atoms with E-state index in [1.54, 1.807) is 6.92 Å². The van der Waals surface area contributed by atoms with E-state index in [0.29, 0.717) is 0 Å². The monoisotopic (exact) mass is 130 g/mol. The Labute approximate surface area is 56.2 Å². The first-order chi connectivity index (χ1) is 3.80. The molecule has 0 amide bonds. The molecule has 9 heavy (non-hydrogen) atoms. The lowest BCUT2D eigenvalue weighted by molar-refractivity contribution is -0.125. The van der Waals surface area contributed by atoms with Crippen LogP contribution in [0.5, 0.6) is 0 Å². The molecule has 1 aliphatic rings. The van der Waals surface area contributed by atoms with Gasteiger partial charge in [0, 0.05) is 6.61 Å². The maximum atomic E-state index is 10.5. The van der Waals surface area contributed by atoms with Gasteiger partial charge in [-0.25, -0.2) is 0 Å². The molecule has 0 saturated carbocycles. The molecule has 1 rings (SSSR count). The van der Waals surface area contributed by atoms with Crippen LogP contribution < -0.4 is 0 Å². The molecule has 54 valence electrons. The number of carbonyl (C=O) groups excluding carboxylic acids is 1. The fourth-order valence-electron chi connectivity index (χ4n) is 0.898. The van der Waals surface area contributed by atoms with Crippen molar-refractivity contribution in [3.05, 3.63) is 0 Å². The average Bonchev–Trinajstić information content (AvgIpc) is 2.12. The van der Waals surface area contributed by atoms with Gasteiger partial charge in [-0.2, -0.15) is 0 Å². The van der Waals surface area contributed by atoms with Gasteiger partial charge in [0.2, 0.25) is 0 Å². The van der Waals surface area contributed by atoms with Crippen LogP contribution in [0, 0.1) is 0 Å². The van der Waals surface area contributed by atoms with E-state index in [0.717, 1.165) is 19.4 Å². The molecule has 0 bridgehead atoms. The zero-order valence-electron chi connectivity index (χ0n) is 5.02. The number of rotatable bonds is 1. The smallest absolute Gasteiger partial charge is 0.158 e. The molecule has 1 unspecified atom stereocenters. The Hall–Kier alpha value is -0.370. The Kier molecular flexibility index (Phi) is 3.47.